The molecule has 0 unspecified atom stereocenters. The van der Waals surface area contributed by atoms with Crippen LogP contribution in [0.2, 0.25) is 0 Å². The van der Waals surface area contributed by atoms with Gasteiger partial charge in [0, 0.05) is 0 Å². The third kappa shape index (κ3) is 11.9. The zero-order valence-corrected chi connectivity index (χ0v) is 19.7. The number of carbonyl (C=O) groups is 3. The van der Waals surface area contributed by atoms with Gasteiger partial charge in [-0.1, -0.05) is 103 Å². The van der Waals surface area contributed by atoms with E-state index in [9.17, 15) is 14.4 Å². The van der Waals surface area contributed by atoms with Crippen molar-refractivity contribution in [3.05, 3.63) is 23.5 Å². The Morgan fingerprint density at radius 2 is 1.10 bits per heavy atom. The van der Waals surface area contributed by atoms with Crippen LogP contribution in [0.3, 0.4) is 0 Å². The van der Waals surface area contributed by atoms with Crippen molar-refractivity contribution in [2.24, 2.45) is 0 Å². The number of methoxy groups -OCH3 is 1. The highest BCUT2D eigenvalue weighted by atomic mass is 16.5. The SMILES string of the molecule is CCCCCCCCCCCCCCCCCCOC1=C(C(=O)OC)C(=O)C=CC1=O. The van der Waals surface area contributed by atoms with Gasteiger partial charge >= 0.3 is 5.97 Å². The molecule has 1 aliphatic rings. The molecule has 0 saturated heterocycles. The summed E-state index contributed by atoms with van der Waals surface area (Å²) >= 11 is 0. The number of allylic oxidation sites excluding steroid dienone is 2. The first-order chi connectivity index (χ1) is 15.1. The maximum absolute atomic E-state index is 11.9. The van der Waals surface area contributed by atoms with Gasteiger partial charge in [-0.05, 0) is 18.6 Å². The van der Waals surface area contributed by atoms with E-state index in [0.717, 1.165) is 31.4 Å². The summed E-state index contributed by atoms with van der Waals surface area (Å²) in [5.41, 5.74) is -0.300. The highest BCUT2D eigenvalue weighted by Crippen LogP contribution is 2.18. The summed E-state index contributed by atoms with van der Waals surface area (Å²) < 4.78 is 10.1. The molecule has 0 spiro atoms. The van der Waals surface area contributed by atoms with E-state index < -0.39 is 17.5 Å². The summed E-state index contributed by atoms with van der Waals surface area (Å²) in [6.07, 6.45) is 22.8. The first-order valence-electron chi connectivity index (χ1n) is 12.3. The smallest absolute Gasteiger partial charge is 0.345 e. The van der Waals surface area contributed by atoms with Gasteiger partial charge in [-0.15, -0.1) is 0 Å². The normalized spacial score (nSPS) is 13.7. The molecule has 0 aromatic rings. The van der Waals surface area contributed by atoms with E-state index in [1.165, 1.54) is 90.6 Å². The third-order valence-electron chi connectivity index (χ3n) is 5.72. The van der Waals surface area contributed by atoms with Crippen LogP contribution in [0.4, 0.5) is 0 Å². The van der Waals surface area contributed by atoms with Gasteiger partial charge in [-0.25, -0.2) is 4.79 Å². The summed E-state index contributed by atoms with van der Waals surface area (Å²) in [6, 6.07) is 0. The van der Waals surface area contributed by atoms with Gasteiger partial charge in [-0.3, -0.25) is 9.59 Å². The molecule has 1 aliphatic carbocycles. The minimum absolute atomic E-state index is 0.180. The fourth-order valence-electron chi connectivity index (χ4n) is 3.81. The van der Waals surface area contributed by atoms with Crippen molar-refractivity contribution in [3.63, 3.8) is 0 Å². The second-order valence-electron chi connectivity index (χ2n) is 8.41. The van der Waals surface area contributed by atoms with Gasteiger partial charge in [0.15, 0.2) is 17.1 Å². The Hall–Kier alpha value is -1.91. The van der Waals surface area contributed by atoms with E-state index in [2.05, 4.69) is 11.7 Å². The van der Waals surface area contributed by atoms with Gasteiger partial charge < -0.3 is 9.47 Å². The Labute approximate surface area is 188 Å². The van der Waals surface area contributed by atoms with E-state index in [4.69, 9.17) is 4.74 Å². The predicted octanol–water partition coefficient (Wildman–Crippen LogP) is 6.40. The molecule has 0 aromatic carbocycles. The van der Waals surface area contributed by atoms with Gasteiger partial charge in [0.2, 0.25) is 5.78 Å². The molecule has 0 fully saturated rings. The van der Waals surface area contributed by atoms with Crippen molar-refractivity contribution >= 4 is 17.5 Å². The number of rotatable bonds is 19. The topological polar surface area (TPSA) is 69.7 Å². The predicted molar refractivity (Wildman–Crippen MR) is 124 cm³/mol. The van der Waals surface area contributed by atoms with E-state index in [0.29, 0.717) is 6.61 Å². The Morgan fingerprint density at radius 3 is 1.55 bits per heavy atom. The minimum atomic E-state index is -0.829. The van der Waals surface area contributed by atoms with Crippen LogP contribution in [0.25, 0.3) is 0 Å². The van der Waals surface area contributed by atoms with E-state index >= 15 is 0 Å². The molecule has 0 saturated carbocycles. The number of hydrogen-bond donors (Lipinski definition) is 0. The van der Waals surface area contributed by atoms with Crippen LogP contribution in [-0.4, -0.2) is 31.3 Å². The van der Waals surface area contributed by atoms with Gasteiger partial charge in [0.25, 0.3) is 0 Å². The summed E-state index contributed by atoms with van der Waals surface area (Å²) in [5.74, 6) is -2.02. The van der Waals surface area contributed by atoms with Crippen molar-refractivity contribution in [2.45, 2.75) is 110 Å². The highest BCUT2D eigenvalue weighted by molar-refractivity contribution is 6.30. The number of esters is 1. The maximum atomic E-state index is 11.9. The summed E-state index contributed by atoms with van der Waals surface area (Å²) in [4.78, 5) is 35.5. The lowest BCUT2D eigenvalue weighted by atomic mass is 10.0. The van der Waals surface area contributed by atoms with Crippen LogP contribution >= 0.6 is 0 Å². The monoisotopic (exact) mass is 434 g/mol. The molecule has 0 atom stereocenters. The molecule has 0 aliphatic heterocycles. The second kappa shape index (κ2) is 17.7. The first-order valence-corrected chi connectivity index (χ1v) is 12.3. The van der Waals surface area contributed by atoms with Crippen LogP contribution in [0.1, 0.15) is 110 Å². The van der Waals surface area contributed by atoms with Crippen molar-refractivity contribution in [2.75, 3.05) is 13.7 Å². The van der Waals surface area contributed by atoms with Crippen molar-refractivity contribution in [3.8, 4) is 0 Å². The van der Waals surface area contributed by atoms with Crippen LogP contribution in [0.15, 0.2) is 23.5 Å². The lowest BCUT2D eigenvalue weighted by Crippen LogP contribution is -2.23. The molecule has 31 heavy (non-hydrogen) atoms. The van der Waals surface area contributed by atoms with E-state index in [1.54, 1.807) is 0 Å². The molecular weight excluding hydrogens is 392 g/mol. The van der Waals surface area contributed by atoms with Gasteiger partial charge in [0.1, 0.15) is 0 Å². The summed E-state index contributed by atoms with van der Waals surface area (Å²) in [5, 5.41) is 0. The van der Waals surface area contributed by atoms with Crippen molar-refractivity contribution < 1.29 is 23.9 Å². The molecule has 5 nitrogen and oxygen atoms in total. The summed E-state index contributed by atoms with van der Waals surface area (Å²) in [7, 11) is 1.18. The molecule has 0 radical (unpaired) electrons. The number of hydrogen-bond acceptors (Lipinski definition) is 5. The molecule has 0 aromatic heterocycles. The fraction of sp³-hybridized carbons (Fsp3) is 0.731. The van der Waals surface area contributed by atoms with Gasteiger partial charge in [-0.2, -0.15) is 0 Å². The Balaban J connectivity index is 1.99. The Morgan fingerprint density at radius 1 is 0.677 bits per heavy atom. The quantitative estimate of drug-likeness (QED) is 0.102. The number of ether oxygens (including phenoxy) is 2. The number of ketones is 2. The Kier molecular flexibility index (Phi) is 15.5. The molecule has 0 amide bonds. The number of carbonyl (C=O) groups excluding carboxylic acids is 3. The van der Waals surface area contributed by atoms with Gasteiger partial charge in [0.05, 0.1) is 13.7 Å². The summed E-state index contributed by atoms with van der Waals surface area (Å²) in [6.45, 7) is 2.58. The molecule has 0 N–H and O–H groups in total. The molecule has 5 heteroatoms. The molecule has 1 rings (SSSR count). The first kappa shape index (κ1) is 27.1. The van der Waals surface area contributed by atoms with Crippen molar-refractivity contribution in [1.82, 2.24) is 0 Å². The van der Waals surface area contributed by atoms with Crippen LogP contribution in [0, 0.1) is 0 Å². The largest absolute Gasteiger partial charge is 0.488 e. The lowest BCUT2D eigenvalue weighted by molar-refractivity contribution is -0.138. The standard InChI is InChI=1S/C26H42O5/c1-3-4-5-6-7-8-9-10-11-12-13-14-15-16-17-18-21-31-25-23(28)20-19-22(27)24(25)26(29)30-2/h19-20H,3-18,21H2,1-2H3. The molecular formula is C26H42O5. The Bertz CT molecular complexity index is 603. The zero-order valence-electron chi connectivity index (χ0n) is 19.7. The molecule has 0 heterocycles. The van der Waals surface area contributed by atoms with Crippen LogP contribution in [-0.2, 0) is 23.9 Å². The third-order valence-corrected chi connectivity index (χ3v) is 5.72. The zero-order chi connectivity index (χ0) is 22.7. The fourth-order valence-corrected chi connectivity index (χ4v) is 3.81. The van der Waals surface area contributed by atoms with E-state index in [-0.39, 0.29) is 11.3 Å². The second-order valence-corrected chi connectivity index (χ2v) is 8.41. The molecule has 0 bridgehead atoms. The minimum Gasteiger partial charge on any atom is -0.488 e. The number of unbranched alkanes of at least 4 members (excludes halogenated alkanes) is 15. The van der Waals surface area contributed by atoms with E-state index in [1.807, 2.05) is 0 Å². The van der Waals surface area contributed by atoms with Crippen LogP contribution < -0.4 is 0 Å². The lowest BCUT2D eigenvalue weighted by Gasteiger charge is -2.14. The van der Waals surface area contributed by atoms with Crippen LogP contribution in [0.5, 0.6) is 0 Å². The average molecular weight is 435 g/mol. The molecule has 176 valence electrons. The van der Waals surface area contributed by atoms with Crippen molar-refractivity contribution in [1.29, 1.82) is 0 Å². The maximum Gasteiger partial charge on any atom is 0.345 e. The highest BCUT2D eigenvalue weighted by Gasteiger charge is 2.30. The average Bonchev–Trinajstić information content (AvgIpc) is 2.77.